The fraction of sp³-hybridized carbons (Fsp3) is 0.865. The summed E-state index contributed by atoms with van der Waals surface area (Å²) >= 11 is 0. The predicted molar refractivity (Wildman–Crippen MR) is 179 cm³/mol. The van der Waals surface area contributed by atoms with Crippen LogP contribution in [0.1, 0.15) is 187 Å². The number of hydrogen-bond acceptors (Lipinski definition) is 3. The van der Waals surface area contributed by atoms with E-state index >= 15 is 0 Å². The molecule has 0 saturated heterocycles. The Morgan fingerprint density at radius 3 is 1.41 bits per heavy atom. The molecule has 0 saturated carbocycles. The molecule has 2 atom stereocenters. The van der Waals surface area contributed by atoms with Gasteiger partial charge < -0.3 is 15.5 Å². The Bertz CT molecular complexity index is 589. The molecule has 0 aliphatic carbocycles. The number of rotatable bonds is 32. The average Bonchev–Trinajstić information content (AvgIpc) is 2.97. The van der Waals surface area contributed by atoms with Gasteiger partial charge in [-0.1, -0.05) is 173 Å². The van der Waals surface area contributed by atoms with Crippen LogP contribution in [0.4, 0.5) is 0 Å². The molecule has 0 heterocycles. The fourth-order valence-corrected chi connectivity index (χ4v) is 5.37. The van der Waals surface area contributed by atoms with Gasteiger partial charge in [0.25, 0.3) is 0 Å². The highest BCUT2D eigenvalue weighted by atomic mass is 16.3. The Labute approximate surface area is 256 Å². The van der Waals surface area contributed by atoms with Crippen LogP contribution in [-0.4, -0.2) is 34.9 Å². The van der Waals surface area contributed by atoms with E-state index in [2.05, 4.69) is 31.3 Å². The molecule has 4 heteroatoms. The Hall–Kier alpha value is -1.13. The van der Waals surface area contributed by atoms with Crippen molar-refractivity contribution in [2.45, 2.75) is 199 Å². The van der Waals surface area contributed by atoms with Crippen LogP contribution >= 0.6 is 0 Å². The van der Waals surface area contributed by atoms with E-state index in [-0.39, 0.29) is 12.5 Å². The third-order valence-electron chi connectivity index (χ3n) is 8.19. The zero-order valence-corrected chi connectivity index (χ0v) is 27.6. The van der Waals surface area contributed by atoms with E-state index in [9.17, 15) is 15.0 Å². The van der Waals surface area contributed by atoms with Crippen molar-refractivity contribution >= 4 is 5.91 Å². The van der Waals surface area contributed by atoms with Crippen molar-refractivity contribution < 1.29 is 15.0 Å². The normalized spacial score (nSPS) is 13.4. The summed E-state index contributed by atoms with van der Waals surface area (Å²) in [5.74, 6) is -0.0767. The van der Waals surface area contributed by atoms with Crippen molar-refractivity contribution in [3.63, 3.8) is 0 Å². The smallest absolute Gasteiger partial charge is 0.220 e. The van der Waals surface area contributed by atoms with Gasteiger partial charge in [-0.2, -0.15) is 0 Å². The van der Waals surface area contributed by atoms with E-state index in [4.69, 9.17) is 0 Å². The topological polar surface area (TPSA) is 69.6 Å². The van der Waals surface area contributed by atoms with Crippen LogP contribution in [0.2, 0.25) is 0 Å². The molecule has 0 fully saturated rings. The van der Waals surface area contributed by atoms with Gasteiger partial charge in [0.1, 0.15) is 0 Å². The molecule has 242 valence electrons. The fourth-order valence-electron chi connectivity index (χ4n) is 5.37. The highest BCUT2D eigenvalue weighted by molar-refractivity contribution is 5.76. The van der Waals surface area contributed by atoms with Crippen LogP contribution in [0.5, 0.6) is 0 Å². The summed E-state index contributed by atoms with van der Waals surface area (Å²) in [7, 11) is 0. The molecule has 0 bridgehead atoms. The molecule has 0 aliphatic rings. The summed E-state index contributed by atoms with van der Waals surface area (Å²) < 4.78 is 0. The largest absolute Gasteiger partial charge is 0.394 e. The lowest BCUT2D eigenvalue weighted by Gasteiger charge is -2.19. The summed E-state index contributed by atoms with van der Waals surface area (Å²) in [6, 6.07) is -0.632. The van der Waals surface area contributed by atoms with E-state index in [1.165, 1.54) is 135 Å². The molecule has 4 nitrogen and oxygen atoms in total. The molecular formula is C37H71NO3. The van der Waals surface area contributed by atoms with Crippen LogP contribution in [0.15, 0.2) is 24.3 Å². The van der Waals surface area contributed by atoms with Crippen molar-refractivity contribution in [2.75, 3.05) is 6.61 Å². The van der Waals surface area contributed by atoms with Crippen LogP contribution in [0.25, 0.3) is 0 Å². The van der Waals surface area contributed by atoms with Gasteiger partial charge in [0.2, 0.25) is 5.91 Å². The monoisotopic (exact) mass is 578 g/mol. The van der Waals surface area contributed by atoms with E-state index in [1.807, 2.05) is 6.08 Å². The van der Waals surface area contributed by atoms with Gasteiger partial charge in [-0.05, 0) is 32.1 Å². The second-order valence-electron chi connectivity index (χ2n) is 12.3. The molecule has 2 unspecified atom stereocenters. The van der Waals surface area contributed by atoms with Crippen LogP contribution in [-0.2, 0) is 4.79 Å². The summed E-state index contributed by atoms with van der Waals surface area (Å²) in [4.78, 5) is 12.2. The molecule has 0 radical (unpaired) electrons. The minimum absolute atomic E-state index is 0.0767. The van der Waals surface area contributed by atoms with E-state index in [0.29, 0.717) is 6.42 Å². The number of amides is 1. The summed E-state index contributed by atoms with van der Waals surface area (Å²) in [6.07, 6.45) is 41.2. The quantitative estimate of drug-likeness (QED) is 0.0550. The number of allylic oxidation sites excluding steroid dienone is 3. The Morgan fingerprint density at radius 2 is 0.951 bits per heavy atom. The van der Waals surface area contributed by atoms with Crippen LogP contribution in [0.3, 0.4) is 0 Å². The first-order valence-electron chi connectivity index (χ1n) is 18.1. The molecule has 0 aromatic carbocycles. The molecule has 0 spiro atoms. The first kappa shape index (κ1) is 39.9. The van der Waals surface area contributed by atoms with Crippen molar-refractivity contribution in [2.24, 2.45) is 0 Å². The van der Waals surface area contributed by atoms with Crippen molar-refractivity contribution in [1.82, 2.24) is 5.32 Å². The molecule has 0 aliphatic heterocycles. The van der Waals surface area contributed by atoms with Crippen LogP contribution < -0.4 is 5.32 Å². The molecular weight excluding hydrogens is 506 g/mol. The number of carbonyl (C=O) groups is 1. The first-order valence-corrected chi connectivity index (χ1v) is 18.1. The molecule has 0 aromatic heterocycles. The number of carbonyl (C=O) groups excluding carboxylic acids is 1. The molecule has 41 heavy (non-hydrogen) atoms. The Balaban J connectivity index is 3.64. The molecule has 0 rings (SSSR count). The van der Waals surface area contributed by atoms with Crippen molar-refractivity contribution in [3.05, 3.63) is 24.3 Å². The summed E-state index contributed by atoms with van der Waals surface area (Å²) in [5, 5.41) is 22.8. The highest BCUT2D eigenvalue weighted by Gasteiger charge is 2.17. The Kier molecular flexibility index (Phi) is 32.5. The lowest BCUT2D eigenvalue weighted by atomic mass is 10.0. The SMILES string of the molecule is CCCCCCCCCCCCCCC/C=C/CC/C=C/C(O)C(CO)NC(=O)CCCCCCCCCCCC. The minimum atomic E-state index is -0.855. The van der Waals surface area contributed by atoms with Gasteiger partial charge in [0.15, 0.2) is 0 Å². The van der Waals surface area contributed by atoms with Gasteiger partial charge in [0, 0.05) is 6.42 Å². The second-order valence-corrected chi connectivity index (χ2v) is 12.3. The standard InChI is InChI=1S/C37H71NO3/c1-3-5-7-9-11-13-15-16-17-18-19-20-21-22-23-24-26-28-30-32-36(40)35(34-39)38-37(41)33-31-29-27-25-14-12-10-8-6-4-2/h23-24,30,32,35-36,39-40H,3-22,25-29,31,33-34H2,1-2H3,(H,38,41)/b24-23+,32-30+. The maximum Gasteiger partial charge on any atom is 0.220 e. The maximum atomic E-state index is 12.2. The van der Waals surface area contributed by atoms with E-state index in [0.717, 1.165) is 32.1 Å². The predicted octanol–water partition coefficient (Wildman–Crippen LogP) is 10.5. The molecule has 1 amide bonds. The lowest BCUT2D eigenvalue weighted by Crippen LogP contribution is -2.45. The van der Waals surface area contributed by atoms with Gasteiger partial charge in [-0.3, -0.25) is 4.79 Å². The summed E-state index contributed by atoms with van der Waals surface area (Å²) in [6.45, 7) is 4.27. The molecule has 0 aromatic rings. The second kappa shape index (κ2) is 33.4. The number of hydrogen-bond donors (Lipinski definition) is 3. The maximum absolute atomic E-state index is 12.2. The third kappa shape index (κ3) is 30.1. The van der Waals surface area contributed by atoms with E-state index in [1.54, 1.807) is 6.08 Å². The van der Waals surface area contributed by atoms with Gasteiger partial charge in [-0.15, -0.1) is 0 Å². The van der Waals surface area contributed by atoms with E-state index < -0.39 is 12.1 Å². The van der Waals surface area contributed by atoms with Gasteiger partial charge >= 0.3 is 0 Å². The number of aliphatic hydroxyl groups excluding tert-OH is 2. The van der Waals surface area contributed by atoms with Crippen LogP contribution in [0, 0.1) is 0 Å². The molecule has 3 N–H and O–H groups in total. The van der Waals surface area contributed by atoms with Gasteiger partial charge in [-0.25, -0.2) is 0 Å². The van der Waals surface area contributed by atoms with Gasteiger partial charge in [0.05, 0.1) is 18.8 Å². The Morgan fingerprint density at radius 1 is 0.561 bits per heavy atom. The number of nitrogens with one attached hydrogen (secondary N) is 1. The first-order chi connectivity index (χ1) is 20.2. The third-order valence-corrected chi connectivity index (χ3v) is 8.19. The summed E-state index contributed by atoms with van der Waals surface area (Å²) in [5.41, 5.74) is 0. The zero-order chi connectivity index (χ0) is 30.1. The van der Waals surface area contributed by atoms with Crippen molar-refractivity contribution in [3.8, 4) is 0 Å². The number of unbranched alkanes of at least 4 members (excludes halogenated alkanes) is 23. The highest BCUT2D eigenvalue weighted by Crippen LogP contribution is 2.14. The minimum Gasteiger partial charge on any atom is -0.394 e. The number of aliphatic hydroxyl groups is 2. The average molecular weight is 578 g/mol. The van der Waals surface area contributed by atoms with Crippen molar-refractivity contribution in [1.29, 1.82) is 0 Å². The lowest BCUT2D eigenvalue weighted by molar-refractivity contribution is -0.123. The zero-order valence-electron chi connectivity index (χ0n) is 27.6.